The number of hydrogen-bond acceptors (Lipinski definition) is 7. The SMILES string of the molecule is CCCCOC(=O)n1c(=O)ccc2ccc(OCCCCN3CCN(c4cccc5sccc45)CC3)cc21. The van der Waals surface area contributed by atoms with Gasteiger partial charge >= 0.3 is 6.09 Å². The summed E-state index contributed by atoms with van der Waals surface area (Å²) in [6, 6.07) is 17.5. The number of benzene rings is 2. The van der Waals surface area contributed by atoms with Gasteiger partial charge in [-0.25, -0.2) is 9.36 Å². The molecule has 38 heavy (non-hydrogen) atoms. The smallest absolute Gasteiger partial charge is 0.421 e. The van der Waals surface area contributed by atoms with E-state index in [9.17, 15) is 9.59 Å². The van der Waals surface area contributed by atoms with Gasteiger partial charge in [0, 0.05) is 54.1 Å². The molecule has 2 aromatic carbocycles. The van der Waals surface area contributed by atoms with Crippen molar-refractivity contribution >= 4 is 44.1 Å². The first-order valence-corrected chi connectivity index (χ1v) is 14.4. The van der Waals surface area contributed by atoms with Crippen molar-refractivity contribution in [3.8, 4) is 5.75 Å². The minimum absolute atomic E-state index is 0.300. The number of pyridine rings is 1. The van der Waals surface area contributed by atoms with Crippen LogP contribution in [0.15, 0.2) is 64.8 Å². The largest absolute Gasteiger partial charge is 0.494 e. The maximum absolute atomic E-state index is 12.6. The fraction of sp³-hybridized carbons (Fsp3) is 0.400. The molecule has 5 rings (SSSR count). The van der Waals surface area contributed by atoms with Crippen LogP contribution in [-0.2, 0) is 4.74 Å². The van der Waals surface area contributed by atoms with Crippen molar-refractivity contribution < 1.29 is 14.3 Å². The molecule has 0 atom stereocenters. The van der Waals surface area contributed by atoms with Gasteiger partial charge in [-0.1, -0.05) is 19.4 Å². The molecule has 0 unspecified atom stereocenters. The highest BCUT2D eigenvalue weighted by Gasteiger charge is 2.18. The lowest BCUT2D eigenvalue weighted by molar-refractivity contribution is 0.146. The molecule has 7 nitrogen and oxygen atoms in total. The van der Waals surface area contributed by atoms with E-state index in [1.165, 1.54) is 21.8 Å². The van der Waals surface area contributed by atoms with Crippen molar-refractivity contribution in [1.82, 2.24) is 9.47 Å². The maximum atomic E-state index is 12.6. The molecule has 0 N–H and O–H groups in total. The Morgan fingerprint density at radius 2 is 1.79 bits per heavy atom. The number of carbonyl (C=O) groups excluding carboxylic acids is 1. The van der Waals surface area contributed by atoms with Crippen LogP contribution >= 0.6 is 11.3 Å². The highest BCUT2D eigenvalue weighted by Crippen LogP contribution is 2.31. The van der Waals surface area contributed by atoms with Gasteiger partial charge in [0.1, 0.15) is 5.75 Å². The zero-order chi connectivity index (χ0) is 26.3. The molecular weight excluding hydrogens is 498 g/mol. The van der Waals surface area contributed by atoms with Gasteiger partial charge in [0.05, 0.1) is 18.7 Å². The molecule has 1 aliphatic heterocycles. The van der Waals surface area contributed by atoms with Gasteiger partial charge in [-0.2, -0.15) is 0 Å². The molecule has 1 saturated heterocycles. The lowest BCUT2D eigenvalue weighted by atomic mass is 10.2. The van der Waals surface area contributed by atoms with Gasteiger partial charge in [0.15, 0.2) is 0 Å². The molecule has 0 spiro atoms. The zero-order valence-corrected chi connectivity index (χ0v) is 22.8. The summed E-state index contributed by atoms with van der Waals surface area (Å²) in [5.74, 6) is 0.648. The number of nitrogens with zero attached hydrogens (tertiary/aromatic N) is 3. The average Bonchev–Trinajstić information content (AvgIpc) is 3.42. The topological polar surface area (TPSA) is 64.0 Å². The normalized spacial score (nSPS) is 14.3. The highest BCUT2D eigenvalue weighted by molar-refractivity contribution is 7.17. The molecule has 0 aliphatic carbocycles. The van der Waals surface area contributed by atoms with Crippen molar-refractivity contribution in [3.63, 3.8) is 0 Å². The van der Waals surface area contributed by atoms with Crippen LogP contribution in [0.3, 0.4) is 0 Å². The van der Waals surface area contributed by atoms with Crippen molar-refractivity contribution in [2.45, 2.75) is 32.6 Å². The van der Waals surface area contributed by atoms with Gasteiger partial charge in [-0.15, -0.1) is 11.3 Å². The fourth-order valence-electron chi connectivity index (χ4n) is 4.95. The Bertz CT molecular complexity index is 1440. The predicted molar refractivity (Wildman–Crippen MR) is 155 cm³/mol. The van der Waals surface area contributed by atoms with E-state index in [2.05, 4.69) is 39.4 Å². The third kappa shape index (κ3) is 6.03. The van der Waals surface area contributed by atoms with E-state index >= 15 is 0 Å². The molecule has 0 saturated carbocycles. The van der Waals surface area contributed by atoms with Gasteiger partial charge < -0.3 is 14.4 Å². The van der Waals surface area contributed by atoms with Gasteiger partial charge in [0.25, 0.3) is 5.56 Å². The van der Waals surface area contributed by atoms with Crippen LogP contribution in [0, 0.1) is 0 Å². The van der Waals surface area contributed by atoms with E-state index in [0.29, 0.717) is 24.5 Å². The first-order valence-electron chi connectivity index (χ1n) is 13.5. The van der Waals surface area contributed by atoms with Crippen molar-refractivity contribution in [2.24, 2.45) is 0 Å². The van der Waals surface area contributed by atoms with E-state index in [0.717, 1.165) is 68.4 Å². The second-order valence-electron chi connectivity index (χ2n) is 9.69. The van der Waals surface area contributed by atoms with Crippen molar-refractivity contribution in [3.05, 3.63) is 70.3 Å². The molecule has 1 aliphatic rings. The Kier molecular flexibility index (Phi) is 8.61. The summed E-state index contributed by atoms with van der Waals surface area (Å²) in [6.45, 7) is 8.19. The number of fused-ring (bicyclic) bond motifs is 2. The number of hydrogen-bond donors (Lipinski definition) is 0. The number of rotatable bonds is 10. The first-order chi connectivity index (χ1) is 18.6. The third-order valence-corrected chi connectivity index (χ3v) is 7.98. The Hall–Kier alpha value is -3.36. The van der Waals surface area contributed by atoms with E-state index in [-0.39, 0.29) is 0 Å². The molecule has 3 heterocycles. The maximum Gasteiger partial charge on any atom is 0.421 e. The number of aromatic nitrogens is 1. The molecule has 0 radical (unpaired) electrons. The quantitative estimate of drug-likeness (QED) is 0.234. The average molecular weight is 534 g/mol. The zero-order valence-electron chi connectivity index (χ0n) is 21.9. The molecule has 8 heteroatoms. The molecule has 200 valence electrons. The van der Waals surface area contributed by atoms with E-state index in [4.69, 9.17) is 9.47 Å². The Labute approximate surface area is 227 Å². The third-order valence-electron chi connectivity index (χ3n) is 7.10. The monoisotopic (exact) mass is 533 g/mol. The van der Waals surface area contributed by atoms with Gasteiger partial charge in [-0.05, 0) is 73.0 Å². The summed E-state index contributed by atoms with van der Waals surface area (Å²) >= 11 is 1.80. The number of unbranched alkanes of at least 4 members (excludes halogenated alkanes) is 2. The van der Waals surface area contributed by atoms with Crippen LogP contribution in [-0.4, -0.2) is 61.5 Å². The van der Waals surface area contributed by atoms with Crippen LogP contribution in [0.2, 0.25) is 0 Å². The summed E-state index contributed by atoms with van der Waals surface area (Å²) in [7, 11) is 0. The molecule has 2 aromatic heterocycles. The van der Waals surface area contributed by atoms with E-state index in [1.54, 1.807) is 23.5 Å². The van der Waals surface area contributed by atoms with Crippen LogP contribution in [0.1, 0.15) is 32.6 Å². The molecule has 0 amide bonds. The van der Waals surface area contributed by atoms with Gasteiger partial charge in [0.2, 0.25) is 0 Å². The molecule has 4 aromatic rings. The van der Waals surface area contributed by atoms with Crippen LogP contribution in [0.5, 0.6) is 5.75 Å². The minimum atomic E-state index is -0.640. The van der Waals surface area contributed by atoms with Crippen molar-refractivity contribution in [1.29, 1.82) is 0 Å². The summed E-state index contributed by atoms with van der Waals surface area (Å²) in [5.41, 5.74) is 1.46. The van der Waals surface area contributed by atoms with Crippen LogP contribution in [0.4, 0.5) is 10.5 Å². The summed E-state index contributed by atoms with van der Waals surface area (Å²) in [6.07, 6.45) is 3.03. The Balaban J connectivity index is 1.09. The Morgan fingerprint density at radius 3 is 2.63 bits per heavy atom. The number of anilines is 1. The highest BCUT2D eigenvalue weighted by atomic mass is 32.1. The second-order valence-corrected chi connectivity index (χ2v) is 10.6. The van der Waals surface area contributed by atoms with Crippen LogP contribution in [0.25, 0.3) is 21.0 Å². The minimum Gasteiger partial charge on any atom is -0.494 e. The summed E-state index contributed by atoms with van der Waals surface area (Å²) in [5, 5.41) is 4.33. The molecule has 1 fully saturated rings. The number of piperazine rings is 1. The second kappa shape index (κ2) is 12.5. The summed E-state index contributed by atoms with van der Waals surface area (Å²) in [4.78, 5) is 30.0. The lowest BCUT2D eigenvalue weighted by Crippen LogP contribution is -2.46. The van der Waals surface area contributed by atoms with Gasteiger partial charge in [-0.3, -0.25) is 9.69 Å². The Morgan fingerprint density at radius 1 is 0.947 bits per heavy atom. The number of thiophene rings is 1. The standard InChI is InChI=1S/C30H35N3O4S/c1-2-3-19-37-30(35)33-27-22-24(11-9-23(27)10-12-29(33)34)36-20-5-4-14-31-15-17-32(18-16-31)26-7-6-8-28-25(26)13-21-38-28/h6-13,21-22H,2-5,14-20H2,1H3. The predicted octanol–water partition coefficient (Wildman–Crippen LogP) is 5.98. The lowest BCUT2D eigenvalue weighted by Gasteiger charge is -2.36. The first kappa shape index (κ1) is 26.3. The number of ether oxygens (including phenoxy) is 2. The van der Waals surface area contributed by atoms with E-state index < -0.39 is 11.7 Å². The van der Waals surface area contributed by atoms with E-state index in [1.807, 2.05) is 19.1 Å². The van der Waals surface area contributed by atoms with Crippen LogP contribution < -0.4 is 15.2 Å². The van der Waals surface area contributed by atoms with Crippen molar-refractivity contribution in [2.75, 3.05) is 50.8 Å². The number of carbonyl (C=O) groups is 1. The fourth-order valence-corrected chi connectivity index (χ4v) is 5.76. The summed E-state index contributed by atoms with van der Waals surface area (Å²) < 4.78 is 13.7. The molecular formula is C30H35N3O4S. The molecule has 0 bridgehead atoms.